The van der Waals surface area contributed by atoms with Crippen molar-refractivity contribution in [2.45, 2.75) is 31.2 Å². The van der Waals surface area contributed by atoms with E-state index in [1.165, 1.54) is 19.2 Å². The van der Waals surface area contributed by atoms with Crippen molar-refractivity contribution in [1.82, 2.24) is 15.3 Å². The van der Waals surface area contributed by atoms with Gasteiger partial charge in [-0.2, -0.15) is 13.2 Å². The van der Waals surface area contributed by atoms with Gasteiger partial charge in [-0.15, -0.1) is 0 Å². The number of amides is 2. The van der Waals surface area contributed by atoms with E-state index in [1.807, 2.05) is 0 Å². The van der Waals surface area contributed by atoms with Crippen molar-refractivity contribution in [3.8, 4) is 5.88 Å². The molecule has 0 radical (unpaired) electrons. The molecule has 1 atom stereocenters. The second kappa shape index (κ2) is 11.8. The van der Waals surface area contributed by atoms with Crippen LogP contribution in [0.3, 0.4) is 0 Å². The number of rotatable bonds is 9. The Morgan fingerprint density at radius 1 is 1.23 bits per heavy atom. The van der Waals surface area contributed by atoms with E-state index >= 15 is 0 Å². The molecule has 1 heterocycles. The van der Waals surface area contributed by atoms with Gasteiger partial charge >= 0.3 is 6.18 Å². The molecule has 190 valence electrons. The molecular weight excluding hydrogens is 492 g/mol. The Morgan fingerprint density at radius 2 is 1.94 bits per heavy atom. The van der Waals surface area contributed by atoms with Gasteiger partial charge in [-0.3, -0.25) is 14.6 Å². The van der Waals surface area contributed by atoms with Gasteiger partial charge in [0.25, 0.3) is 5.91 Å². The number of aromatic nitrogens is 2. The van der Waals surface area contributed by atoms with Crippen molar-refractivity contribution in [3.63, 3.8) is 0 Å². The van der Waals surface area contributed by atoms with Crippen LogP contribution >= 0.6 is 11.8 Å². The summed E-state index contributed by atoms with van der Waals surface area (Å²) in [5, 5.41) is 5.35. The Morgan fingerprint density at radius 3 is 2.51 bits per heavy atom. The number of nitrogens with two attached hydrogens (primary N) is 1. The van der Waals surface area contributed by atoms with E-state index in [0.29, 0.717) is 6.54 Å². The summed E-state index contributed by atoms with van der Waals surface area (Å²) in [5.74, 6) is -2.11. The molecule has 0 fully saturated rings. The van der Waals surface area contributed by atoms with Crippen LogP contribution in [-0.2, 0) is 11.2 Å². The largest absolute Gasteiger partial charge is 0.467 e. The molecule has 1 aromatic carbocycles. The standard InChI is InChI=1S/C21H24F4N6O3S/c1-4-28-18(33)20(2,35-19(26)27-3)8-12-7-13(5-6-14(12)22)31-17(32)15-9-30-16(10-29-15)34-11-21(23,24)25/h5-7,9-10H,4,8,11H2,1-3H3,(H2,26,27)(H,28,33)(H,31,32)/t20-/m1/s1. The number of aliphatic imine (C=N–C) groups is 1. The number of halogens is 4. The van der Waals surface area contributed by atoms with E-state index < -0.39 is 35.1 Å². The van der Waals surface area contributed by atoms with Crippen LogP contribution in [0.25, 0.3) is 0 Å². The zero-order valence-corrected chi connectivity index (χ0v) is 19.9. The van der Waals surface area contributed by atoms with Crippen LogP contribution in [0.5, 0.6) is 5.88 Å². The maximum Gasteiger partial charge on any atom is 0.422 e. The van der Waals surface area contributed by atoms with Crippen LogP contribution in [0.1, 0.15) is 29.9 Å². The highest BCUT2D eigenvalue weighted by atomic mass is 32.2. The summed E-state index contributed by atoms with van der Waals surface area (Å²) in [6.45, 7) is 2.16. The smallest absolute Gasteiger partial charge is 0.422 e. The average Bonchev–Trinajstić information content (AvgIpc) is 2.79. The van der Waals surface area contributed by atoms with Crippen molar-refractivity contribution in [1.29, 1.82) is 0 Å². The summed E-state index contributed by atoms with van der Waals surface area (Å²) < 4.78 is 54.5. The third-order valence-corrected chi connectivity index (χ3v) is 5.62. The first kappa shape index (κ1) is 27.8. The fourth-order valence-electron chi connectivity index (χ4n) is 2.80. The maximum absolute atomic E-state index is 14.6. The molecule has 0 aliphatic rings. The number of nitrogens with one attached hydrogen (secondary N) is 2. The van der Waals surface area contributed by atoms with Crippen LogP contribution in [0.4, 0.5) is 23.2 Å². The SMILES string of the molecule is CCNC(=O)[C@@](C)(Cc1cc(NC(=O)c2cnc(OCC(F)(F)F)cn2)ccc1F)SC(N)=NC. The van der Waals surface area contributed by atoms with E-state index in [-0.39, 0.29) is 34.4 Å². The van der Waals surface area contributed by atoms with Crippen LogP contribution in [-0.4, -0.2) is 58.1 Å². The molecule has 2 rings (SSSR count). The molecule has 0 spiro atoms. The number of thioether (sulfide) groups is 1. The molecule has 9 nitrogen and oxygen atoms in total. The summed E-state index contributed by atoms with van der Waals surface area (Å²) in [7, 11) is 1.47. The summed E-state index contributed by atoms with van der Waals surface area (Å²) in [6, 6.07) is 3.80. The van der Waals surface area contributed by atoms with Crippen LogP contribution in [0, 0.1) is 5.82 Å². The molecule has 0 bridgehead atoms. The molecule has 0 aliphatic heterocycles. The number of carbonyl (C=O) groups excluding carboxylic acids is 2. The first-order chi connectivity index (χ1) is 16.4. The first-order valence-electron chi connectivity index (χ1n) is 10.2. The lowest BCUT2D eigenvalue weighted by molar-refractivity contribution is -0.154. The molecule has 1 aromatic heterocycles. The predicted molar refractivity (Wildman–Crippen MR) is 124 cm³/mol. The molecule has 35 heavy (non-hydrogen) atoms. The number of ether oxygens (including phenoxy) is 1. The predicted octanol–water partition coefficient (Wildman–Crippen LogP) is 2.92. The van der Waals surface area contributed by atoms with Crippen molar-refractivity contribution >= 4 is 34.4 Å². The van der Waals surface area contributed by atoms with Gasteiger partial charge in [-0.25, -0.2) is 14.4 Å². The monoisotopic (exact) mass is 516 g/mol. The van der Waals surface area contributed by atoms with Crippen molar-refractivity contribution in [3.05, 3.63) is 47.7 Å². The number of hydrogen-bond acceptors (Lipinski definition) is 7. The van der Waals surface area contributed by atoms with E-state index in [1.54, 1.807) is 13.8 Å². The second-order valence-corrected chi connectivity index (χ2v) is 8.86. The van der Waals surface area contributed by atoms with Crippen molar-refractivity contribution < 1.29 is 31.9 Å². The third-order valence-electron chi connectivity index (χ3n) is 4.44. The Hall–Kier alpha value is -3.42. The summed E-state index contributed by atoms with van der Waals surface area (Å²) in [5.41, 5.74) is 5.93. The number of amidine groups is 1. The molecule has 0 saturated carbocycles. The number of nitrogens with zero attached hydrogens (tertiary/aromatic N) is 3. The van der Waals surface area contributed by atoms with Gasteiger partial charge in [0.1, 0.15) is 16.3 Å². The molecule has 0 unspecified atom stereocenters. The minimum atomic E-state index is -4.54. The fraction of sp³-hybridized carbons (Fsp3) is 0.381. The molecule has 2 aromatic rings. The number of alkyl halides is 3. The highest BCUT2D eigenvalue weighted by Gasteiger charge is 2.36. The number of hydrogen-bond donors (Lipinski definition) is 3. The minimum absolute atomic E-state index is 0.0691. The van der Waals surface area contributed by atoms with E-state index in [9.17, 15) is 27.2 Å². The second-order valence-electron chi connectivity index (χ2n) is 7.34. The van der Waals surface area contributed by atoms with Crippen molar-refractivity contribution in [2.24, 2.45) is 10.7 Å². The lowest BCUT2D eigenvalue weighted by Crippen LogP contribution is -2.45. The molecule has 0 aliphatic carbocycles. The van der Waals surface area contributed by atoms with Gasteiger partial charge in [-0.1, -0.05) is 11.8 Å². The van der Waals surface area contributed by atoms with Crippen LogP contribution < -0.4 is 21.1 Å². The molecule has 14 heteroatoms. The zero-order valence-electron chi connectivity index (χ0n) is 19.1. The maximum atomic E-state index is 14.6. The van der Waals surface area contributed by atoms with Gasteiger partial charge in [0.2, 0.25) is 11.8 Å². The van der Waals surface area contributed by atoms with E-state index in [2.05, 4.69) is 30.3 Å². The highest BCUT2D eigenvalue weighted by molar-refractivity contribution is 8.15. The summed E-state index contributed by atoms with van der Waals surface area (Å²) in [4.78, 5) is 36.4. The Labute approximate surface area is 202 Å². The Balaban J connectivity index is 2.19. The number of benzene rings is 1. The van der Waals surface area contributed by atoms with Crippen LogP contribution in [0.2, 0.25) is 0 Å². The minimum Gasteiger partial charge on any atom is -0.467 e. The Bertz CT molecular complexity index is 1080. The van der Waals surface area contributed by atoms with E-state index in [4.69, 9.17) is 5.73 Å². The third kappa shape index (κ3) is 8.38. The van der Waals surface area contributed by atoms with E-state index in [0.717, 1.165) is 30.2 Å². The van der Waals surface area contributed by atoms with Gasteiger partial charge in [0, 0.05) is 19.3 Å². The molecule has 4 N–H and O–H groups in total. The topological polar surface area (TPSA) is 132 Å². The zero-order chi connectivity index (χ0) is 26.2. The summed E-state index contributed by atoms with van der Waals surface area (Å²) >= 11 is 0.983. The van der Waals surface area contributed by atoms with Gasteiger partial charge < -0.3 is 21.1 Å². The van der Waals surface area contributed by atoms with Crippen LogP contribution in [0.15, 0.2) is 35.6 Å². The lowest BCUT2D eigenvalue weighted by atomic mass is 9.98. The molecular formula is C21H24F4N6O3S. The van der Waals surface area contributed by atoms with Gasteiger partial charge in [0.15, 0.2) is 11.8 Å². The number of anilines is 1. The van der Waals surface area contributed by atoms with Crippen molar-refractivity contribution in [2.75, 3.05) is 25.5 Å². The Kier molecular flexibility index (Phi) is 9.40. The summed E-state index contributed by atoms with van der Waals surface area (Å²) in [6.07, 6.45) is -2.79. The quantitative estimate of drug-likeness (QED) is 0.265. The average molecular weight is 517 g/mol. The first-order valence-corrected chi connectivity index (χ1v) is 11.0. The normalized spacial score (nSPS) is 13.6. The van der Waals surface area contributed by atoms with Gasteiger partial charge in [0.05, 0.1) is 12.4 Å². The molecule has 0 saturated heterocycles. The van der Waals surface area contributed by atoms with Gasteiger partial charge in [-0.05, 0) is 44.0 Å². The number of carbonyl (C=O) groups is 2. The highest BCUT2D eigenvalue weighted by Crippen LogP contribution is 2.31. The lowest BCUT2D eigenvalue weighted by Gasteiger charge is -2.27. The fourth-order valence-corrected chi connectivity index (χ4v) is 3.74. The molecule has 2 amide bonds.